The molecule has 0 radical (unpaired) electrons. The van der Waals surface area contributed by atoms with Crippen molar-refractivity contribution in [2.24, 2.45) is 7.05 Å². The summed E-state index contributed by atoms with van der Waals surface area (Å²) >= 11 is 0. The molecule has 3 aromatic rings. The summed E-state index contributed by atoms with van der Waals surface area (Å²) < 4.78 is 2.22. The van der Waals surface area contributed by atoms with Gasteiger partial charge in [0.05, 0.1) is 12.2 Å². The van der Waals surface area contributed by atoms with Crippen LogP contribution in [-0.4, -0.2) is 10.1 Å². The van der Waals surface area contributed by atoms with Crippen molar-refractivity contribution in [3.05, 3.63) is 58.3 Å². The van der Waals surface area contributed by atoms with Crippen LogP contribution in [-0.2, 0) is 13.7 Å². The fraction of sp³-hybridized carbons (Fsp3) is 0.300. The standard InChI is InChI=1S/C20H23N2O/c1-12-7-6-8-18-19(12)21-15(4)20(22(18)5)17-10-16(11-23)9-13(2)14(17)3/h6-10,23H,11H2,1-5H3/q+1. The maximum absolute atomic E-state index is 9.55. The number of aliphatic hydroxyl groups excluding tert-OH is 1. The second kappa shape index (κ2) is 5.74. The van der Waals surface area contributed by atoms with Gasteiger partial charge < -0.3 is 5.11 Å². The molecule has 118 valence electrons. The fourth-order valence-corrected chi connectivity index (χ4v) is 3.29. The zero-order valence-corrected chi connectivity index (χ0v) is 14.4. The van der Waals surface area contributed by atoms with Crippen LogP contribution in [0.15, 0.2) is 30.3 Å². The van der Waals surface area contributed by atoms with E-state index in [4.69, 9.17) is 4.98 Å². The van der Waals surface area contributed by atoms with E-state index in [-0.39, 0.29) is 6.61 Å². The Kier molecular flexibility index (Phi) is 3.90. The first-order valence-electron chi connectivity index (χ1n) is 7.91. The SMILES string of the molecule is Cc1cc(CO)cc(-c2c(C)nc3c(C)cccc3[n+]2C)c1C. The smallest absolute Gasteiger partial charge is 0.234 e. The number of para-hydroxylation sites is 1. The van der Waals surface area contributed by atoms with E-state index in [1.165, 1.54) is 16.7 Å². The summed E-state index contributed by atoms with van der Waals surface area (Å²) in [6, 6.07) is 10.4. The van der Waals surface area contributed by atoms with Crippen LogP contribution in [0.2, 0.25) is 0 Å². The van der Waals surface area contributed by atoms with Crippen molar-refractivity contribution in [2.75, 3.05) is 0 Å². The van der Waals surface area contributed by atoms with Crippen molar-refractivity contribution >= 4 is 11.0 Å². The van der Waals surface area contributed by atoms with Gasteiger partial charge in [-0.25, -0.2) is 4.98 Å². The summed E-state index contributed by atoms with van der Waals surface area (Å²) in [6.07, 6.45) is 0. The largest absolute Gasteiger partial charge is 0.392 e. The van der Waals surface area contributed by atoms with Crippen LogP contribution < -0.4 is 4.57 Å². The monoisotopic (exact) mass is 307 g/mol. The zero-order valence-electron chi connectivity index (χ0n) is 14.4. The van der Waals surface area contributed by atoms with Crippen LogP contribution in [0.3, 0.4) is 0 Å². The molecule has 0 aliphatic carbocycles. The summed E-state index contributed by atoms with van der Waals surface area (Å²) in [5.41, 5.74) is 9.97. The summed E-state index contributed by atoms with van der Waals surface area (Å²) in [7, 11) is 2.09. The first kappa shape index (κ1) is 15.6. The number of fused-ring (bicyclic) bond motifs is 1. The van der Waals surface area contributed by atoms with Gasteiger partial charge in [0.1, 0.15) is 18.3 Å². The number of benzene rings is 2. The third-order valence-electron chi connectivity index (χ3n) is 4.70. The van der Waals surface area contributed by atoms with Gasteiger partial charge >= 0.3 is 0 Å². The normalized spacial score (nSPS) is 11.2. The van der Waals surface area contributed by atoms with Crippen LogP contribution in [0.5, 0.6) is 0 Å². The fourth-order valence-electron chi connectivity index (χ4n) is 3.29. The number of hydrogen-bond acceptors (Lipinski definition) is 2. The molecule has 0 atom stereocenters. The van der Waals surface area contributed by atoms with E-state index in [0.29, 0.717) is 0 Å². The van der Waals surface area contributed by atoms with Gasteiger partial charge in [-0.2, -0.15) is 4.57 Å². The third-order valence-corrected chi connectivity index (χ3v) is 4.70. The van der Waals surface area contributed by atoms with E-state index in [9.17, 15) is 5.11 Å². The van der Waals surface area contributed by atoms with E-state index in [1.54, 1.807) is 0 Å². The predicted octanol–water partition coefficient (Wildman–Crippen LogP) is 3.45. The van der Waals surface area contributed by atoms with Gasteiger partial charge in [0.2, 0.25) is 11.2 Å². The second-order valence-corrected chi connectivity index (χ2v) is 6.29. The number of nitrogens with zero attached hydrogens (tertiary/aromatic N) is 2. The van der Waals surface area contributed by atoms with Gasteiger partial charge in [-0.05, 0) is 56.0 Å². The Bertz CT molecular complexity index is 913. The molecule has 0 aliphatic heterocycles. The molecule has 3 heteroatoms. The summed E-state index contributed by atoms with van der Waals surface area (Å²) in [5, 5.41) is 9.55. The van der Waals surface area contributed by atoms with Crippen molar-refractivity contribution in [1.82, 2.24) is 4.98 Å². The molecule has 1 N–H and O–H groups in total. The van der Waals surface area contributed by atoms with E-state index in [0.717, 1.165) is 33.5 Å². The van der Waals surface area contributed by atoms with E-state index in [2.05, 4.69) is 63.6 Å². The number of rotatable bonds is 2. The Morgan fingerprint density at radius 2 is 1.78 bits per heavy atom. The molecule has 0 unspecified atom stereocenters. The van der Waals surface area contributed by atoms with Crippen LogP contribution >= 0.6 is 0 Å². The zero-order chi connectivity index (χ0) is 16.7. The third kappa shape index (κ3) is 2.51. The van der Waals surface area contributed by atoms with Gasteiger partial charge in [-0.15, -0.1) is 0 Å². The van der Waals surface area contributed by atoms with Gasteiger partial charge in [0.15, 0.2) is 0 Å². The van der Waals surface area contributed by atoms with E-state index in [1.807, 2.05) is 6.07 Å². The minimum absolute atomic E-state index is 0.0526. The minimum atomic E-state index is 0.0526. The molecule has 3 rings (SSSR count). The van der Waals surface area contributed by atoms with Crippen LogP contribution in [0.25, 0.3) is 22.3 Å². The van der Waals surface area contributed by atoms with Crippen molar-refractivity contribution in [3.8, 4) is 11.3 Å². The topological polar surface area (TPSA) is 37.0 Å². The molecule has 0 aliphatic rings. The van der Waals surface area contributed by atoms with Crippen molar-refractivity contribution in [1.29, 1.82) is 0 Å². The molecule has 0 amide bonds. The van der Waals surface area contributed by atoms with Crippen molar-refractivity contribution < 1.29 is 9.67 Å². The molecule has 0 saturated heterocycles. The Morgan fingerprint density at radius 3 is 2.48 bits per heavy atom. The van der Waals surface area contributed by atoms with Gasteiger partial charge in [-0.3, -0.25) is 0 Å². The first-order chi connectivity index (χ1) is 10.9. The molecular formula is C20H23N2O+. The molecule has 1 heterocycles. The number of aliphatic hydroxyl groups is 1. The first-order valence-corrected chi connectivity index (χ1v) is 7.91. The number of aromatic nitrogens is 2. The van der Waals surface area contributed by atoms with Crippen LogP contribution in [0.4, 0.5) is 0 Å². The summed E-state index contributed by atoms with van der Waals surface area (Å²) in [5.74, 6) is 0. The lowest BCUT2D eigenvalue weighted by molar-refractivity contribution is -0.634. The molecule has 0 bridgehead atoms. The van der Waals surface area contributed by atoms with Crippen molar-refractivity contribution in [2.45, 2.75) is 34.3 Å². The highest BCUT2D eigenvalue weighted by Gasteiger charge is 2.22. The predicted molar refractivity (Wildman–Crippen MR) is 93.2 cm³/mol. The van der Waals surface area contributed by atoms with Crippen LogP contribution in [0, 0.1) is 27.7 Å². The summed E-state index contributed by atoms with van der Waals surface area (Å²) in [4.78, 5) is 4.86. The molecule has 2 aromatic carbocycles. The van der Waals surface area contributed by atoms with Gasteiger partial charge in [0, 0.05) is 6.07 Å². The lowest BCUT2D eigenvalue weighted by atomic mass is 9.96. The number of aryl methyl sites for hydroxylation is 4. The van der Waals surface area contributed by atoms with Gasteiger partial charge in [-0.1, -0.05) is 18.2 Å². The molecule has 1 aromatic heterocycles. The second-order valence-electron chi connectivity index (χ2n) is 6.29. The molecule has 0 saturated carbocycles. The quantitative estimate of drug-likeness (QED) is 0.736. The van der Waals surface area contributed by atoms with E-state index < -0.39 is 0 Å². The molecule has 3 nitrogen and oxygen atoms in total. The Balaban J connectivity index is 2.40. The Hall–Kier alpha value is -2.26. The van der Waals surface area contributed by atoms with E-state index >= 15 is 0 Å². The Morgan fingerprint density at radius 1 is 1.04 bits per heavy atom. The average molecular weight is 307 g/mol. The minimum Gasteiger partial charge on any atom is -0.392 e. The molecule has 0 fully saturated rings. The maximum atomic E-state index is 9.55. The highest BCUT2D eigenvalue weighted by Crippen LogP contribution is 2.28. The average Bonchev–Trinajstić information content (AvgIpc) is 2.52. The van der Waals surface area contributed by atoms with Crippen molar-refractivity contribution in [3.63, 3.8) is 0 Å². The Labute approximate surface area is 137 Å². The van der Waals surface area contributed by atoms with Gasteiger partial charge in [0.25, 0.3) is 0 Å². The molecular weight excluding hydrogens is 284 g/mol. The lowest BCUT2D eigenvalue weighted by Gasteiger charge is -2.13. The lowest BCUT2D eigenvalue weighted by Crippen LogP contribution is -2.34. The van der Waals surface area contributed by atoms with Crippen LogP contribution in [0.1, 0.15) is 27.9 Å². The maximum Gasteiger partial charge on any atom is 0.234 e. The highest BCUT2D eigenvalue weighted by molar-refractivity contribution is 5.77. The summed E-state index contributed by atoms with van der Waals surface area (Å²) in [6.45, 7) is 8.42. The highest BCUT2D eigenvalue weighted by atomic mass is 16.3. The number of hydrogen-bond donors (Lipinski definition) is 1. The molecule has 0 spiro atoms. The molecule has 23 heavy (non-hydrogen) atoms.